The first-order valence-corrected chi connectivity index (χ1v) is 13.0. The van der Waals surface area contributed by atoms with Gasteiger partial charge in [0.1, 0.15) is 35.6 Å². The van der Waals surface area contributed by atoms with Crippen molar-refractivity contribution in [1.82, 2.24) is 0 Å². The van der Waals surface area contributed by atoms with E-state index in [0.29, 0.717) is 0 Å². The van der Waals surface area contributed by atoms with Gasteiger partial charge in [-0.2, -0.15) is 0 Å². The number of aliphatic hydroxyl groups excluding tert-OH is 5. The van der Waals surface area contributed by atoms with Crippen LogP contribution in [0.4, 0.5) is 0 Å². The Kier molecular flexibility index (Phi) is 9.80. The lowest BCUT2D eigenvalue weighted by molar-refractivity contribution is -0.277. The van der Waals surface area contributed by atoms with Crippen LogP contribution in [0.5, 0.6) is 17.2 Å². The zero-order valence-corrected chi connectivity index (χ0v) is 23.1. The van der Waals surface area contributed by atoms with E-state index in [0.717, 1.165) is 24.3 Å². The highest BCUT2D eigenvalue weighted by atomic mass is 16.7. The maximum Gasteiger partial charge on any atom is 0.371 e. The fourth-order valence-corrected chi connectivity index (χ4v) is 4.42. The molecule has 2 aromatic carbocycles. The van der Waals surface area contributed by atoms with E-state index in [1.165, 1.54) is 12.1 Å². The van der Waals surface area contributed by atoms with Crippen molar-refractivity contribution in [1.29, 1.82) is 0 Å². The van der Waals surface area contributed by atoms with Gasteiger partial charge in [-0.25, -0.2) is 9.59 Å². The van der Waals surface area contributed by atoms with Crippen molar-refractivity contribution in [3.8, 4) is 28.6 Å². The molecule has 0 amide bonds. The summed E-state index contributed by atoms with van der Waals surface area (Å²) in [5.41, 5.74) is -0.262. The number of hydrogen-bond acceptors (Lipinski definition) is 14. The third kappa shape index (κ3) is 6.86. The third-order valence-electron chi connectivity index (χ3n) is 6.66. The summed E-state index contributed by atoms with van der Waals surface area (Å²) in [6.45, 7) is -0.723. The molecule has 0 aliphatic carbocycles. The summed E-state index contributed by atoms with van der Waals surface area (Å²) in [6.07, 6.45) is -10.8. The number of carboxylic acids is 3. The van der Waals surface area contributed by atoms with Crippen LogP contribution in [0.2, 0.25) is 0 Å². The second-order valence-corrected chi connectivity index (χ2v) is 9.88. The molecular weight excluding hydrogens is 624 g/mol. The number of carboxylic acid groups (broad SMARTS) is 3. The molecule has 18 nitrogen and oxygen atoms in total. The monoisotopic (exact) mass is 651 g/mol. The van der Waals surface area contributed by atoms with Crippen molar-refractivity contribution in [3.05, 3.63) is 47.6 Å². The van der Waals surface area contributed by atoms with E-state index in [-0.39, 0.29) is 44.4 Å². The van der Waals surface area contributed by atoms with Gasteiger partial charge in [-0.3, -0.25) is 9.59 Å². The van der Waals surface area contributed by atoms with Crippen molar-refractivity contribution in [2.75, 3.05) is 6.61 Å². The minimum atomic E-state index is -1.82. The third-order valence-corrected chi connectivity index (χ3v) is 6.66. The lowest BCUT2D eigenvalue weighted by Crippen LogP contribution is -2.60. The Morgan fingerprint density at radius 3 is 2.09 bits per heavy atom. The van der Waals surface area contributed by atoms with Gasteiger partial charge in [0.05, 0.1) is 30.5 Å². The number of aromatic hydroxyl groups is 2. The number of phenolic OH excluding ortho intramolecular Hbond substituents is 2. The van der Waals surface area contributed by atoms with Gasteiger partial charge in [-0.1, -0.05) is 0 Å². The van der Waals surface area contributed by atoms with E-state index >= 15 is 0 Å². The minimum Gasteiger partial charge on any atom is -0.504 e. The summed E-state index contributed by atoms with van der Waals surface area (Å²) in [7, 11) is 0. The Morgan fingerprint density at radius 1 is 0.891 bits per heavy atom. The standard InChI is InChI=1S/C24H20O13.C4H6O5/c25-7-16-18(29)19(30)20(31)24(36-16)37-22-10-6-15(23(32)33)34-13-4-9(26)5-14(17(10)13)35-21(22)8-1-2-11(27)12(28)3-8;5-2(4(8)9)1-3(6)7/h1-6,16,18-20,24-25,27-31H,7H2,(H,32,33);2,5H,1H2,(H,6,7)(H,8,9)/p+1/t16-,18+,19-,20-,24+;/m0./s1. The number of phenols is 2. The van der Waals surface area contributed by atoms with Crippen LogP contribution in [-0.4, -0.2) is 117 Å². The Bertz CT molecular complexity index is 1840. The van der Waals surface area contributed by atoms with Crippen LogP contribution in [0, 0.1) is 0 Å². The predicted molar refractivity (Wildman–Crippen MR) is 147 cm³/mol. The van der Waals surface area contributed by atoms with Gasteiger partial charge < -0.3 is 69.4 Å². The highest BCUT2D eigenvalue weighted by Gasteiger charge is 2.45. The van der Waals surface area contributed by atoms with Gasteiger partial charge in [-0.15, -0.1) is 0 Å². The minimum absolute atomic E-state index is 0.0226. The van der Waals surface area contributed by atoms with Crippen molar-refractivity contribution < 1.29 is 88.6 Å². The SMILES string of the molecule is O=C(O)CC(O)C(=O)O.O=C(O)c1cc2c(O[C@H]3O[C@@H](CO)[C@@H](O)[C@H](O)[C@@H]3O)c(-c3ccc(O)c(O)c3)oc3cc(=[OH+])cc(o1)c32. The molecule has 18 heteroatoms. The highest BCUT2D eigenvalue weighted by Crippen LogP contribution is 2.44. The number of rotatable bonds is 8. The molecule has 246 valence electrons. The zero-order chi connectivity index (χ0) is 34.0. The molecule has 0 spiro atoms. The molecule has 4 aromatic rings. The molecule has 6 atom stereocenters. The molecule has 5 rings (SSSR count). The Balaban J connectivity index is 0.000000468. The number of benzene rings is 2. The fraction of sp³-hybridized carbons (Fsp3) is 0.286. The fourth-order valence-electron chi connectivity index (χ4n) is 4.42. The molecule has 46 heavy (non-hydrogen) atoms. The normalized spacial score (nSPS) is 21.7. The largest absolute Gasteiger partial charge is 0.504 e. The topological polar surface area (TPSA) is 320 Å². The highest BCUT2D eigenvalue weighted by molar-refractivity contribution is 6.11. The summed E-state index contributed by atoms with van der Waals surface area (Å²) < 4.78 is 22.7. The lowest BCUT2D eigenvalue weighted by atomic mass is 9.99. The quantitative estimate of drug-likeness (QED) is 0.0810. The van der Waals surface area contributed by atoms with Crippen LogP contribution in [0.25, 0.3) is 33.3 Å². The van der Waals surface area contributed by atoms with Crippen molar-refractivity contribution in [2.45, 2.75) is 43.2 Å². The first kappa shape index (κ1) is 33.6. The number of aliphatic hydroxyl groups is 5. The number of aliphatic carboxylic acids is 2. The summed E-state index contributed by atoms with van der Waals surface area (Å²) in [5.74, 6) is -6.22. The molecule has 1 unspecified atom stereocenters. The Hall–Kier alpha value is -5.24. The summed E-state index contributed by atoms with van der Waals surface area (Å²) in [4.78, 5) is 41.4. The van der Waals surface area contributed by atoms with Gasteiger partial charge in [0.15, 0.2) is 29.1 Å². The molecular formula is C28H27O18+. The van der Waals surface area contributed by atoms with Crippen molar-refractivity contribution in [2.24, 2.45) is 0 Å². The van der Waals surface area contributed by atoms with E-state index in [9.17, 15) is 54.9 Å². The molecule has 1 saturated heterocycles. The predicted octanol–water partition coefficient (Wildman–Crippen LogP) is -0.955. The van der Waals surface area contributed by atoms with Crippen LogP contribution in [-0.2, 0) is 14.3 Å². The van der Waals surface area contributed by atoms with Crippen LogP contribution in [0.3, 0.4) is 0 Å². The molecule has 0 radical (unpaired) electrons. The second kappa shape index (κ2) is 13.4. The maximum atomic E-state index is 11.8. The van der Waals surface area contributed by atoms with Gasteiger partial charge in [0.25, 0.3) is 0 Å². The number of ether oxygens (including phenoxy) is 2. The smallest absolute Gasteiger partial charge is 0.371 e. The molecule has 1 aliphatic heterocycles. The Morgan fingerprint density at radius 2 is 1.54 bits per heavy atom. The van der Waals surface area contributed by atoms with Crippen molar-refractivity contribution >= 4 is 39.8 Å². The zero-order valence-electron chi connectivity index (χ0n) is 23.1. The number of hydrogen-bond donors (Lipinski definition) is 10. The molecule has 11 N–H and O–H groups in total. The molecule has 1 aliphatic rings. The number of aromatic carboxylic acids is 1. The van der Waals surface area contributed by atoms with Gasteiger partial charge in [-0.05, 0) is 18.2 Å². The molecule has 2 aromatic heterocycles. The average Bonchev–Trinajstić information content (AvgIpc) is 2.99. The van der Waals surface area contributed by atoms with Crippen LogP contribution < -0.4 is 10.2 Å². The molecule has 3 heterocycles. The van der Waals surface area contributed by atoms with E-state index in [1.54, 1.807) is 0 Å². The summed E-state index contributed by atoms with van der Waals surface area (Å²) >= 11 is 0. The van der Waals surface area contributed by atoms with Crippen LogP contribution in [0.15, 0.2) is 45.2 Å². The lowest BCUT2D eigenvalue weighted by Gasteiger charge is -2.39. The van der Waals surface area contributed by atoms with Crippen LogP contribution in [0.1, 0.15) is 17.0 Å². The molecule has 0 saturated carbocycles. The van der Waals surface area contributed by atoms with Crippen molar-refractivity contribution in [3.63, 3.8) is 0 Å². The maximum absolute atomic E-state index is 11.8. The van der Waals surface area contributed by atoms with Crippen LogP contribution >= 0.6 is 0 Å². The van der Waals surface area contributed by atoms with Gasteiger partial charge in [0.2, 0.25) is 12.1 Å². The first-order chi connectivity index (χ1) is 21.6. The summed E-state index contributed by atoms with van der Waals surface area (Å²) in [6, 6.07) is 7.11. The molecule has 0 bridgehead atoms. The summed E-state index contributed by atoms with van der Waals surface area (Å²) in [5, 5.41) is 94.2. The average molecular weight is 652 g/mol. The molecule has 1 fully saturated rings. The van der Waals surface area contributed by atoms with E-state index in [1.807, 2.05) is 0 Å². The van der Waals surface area contributed by atoms with E-state index in [4.69, 9.17) is 33.6 Å². The number of carbonyl (C=O) groups is 3. The second-order valence-electron chi connectivity index (χ2n) is 9.88. The van der Waals surface area contributed by atoms with E-state index in [2.05, 4.69) is 0 Å². The Labute approximate surface area is 254 Å². The first-order valence-electron chi connectivity index (χ1n) is 13.0. The van der Waals surface area contributed by atoms with Gasteiger partial charge >= 0.3 is 23.3 Å². The van der Waals surface area contributed by atoms with Gasteiger partial charge in [0, 0.05) is 17.0 Å². The van der Waals surface area contributed by atoms with E-state index < -0.39 is 85.0 Å².